The monoisotopic (exact) mass is 506 g/mol. The average molecular weight is 508 g/mol. The van der Waals surface area contributed by atoms with Crippen molar-refractivity contribution in [2.75, 3.05) is 0 Å². The van der Waals surface area contributed by atoms with E-state index in [1.807, 2.05) is 0 Å². The zero-order chi connectivity index (χ0) is 19.1. The van der Waals surface area contributed by atoms with Gasteiger partial charge in [-0.15, -0.1) is 6.92 Å². The van der Waals surface area contributed by atoms with Gasteiger partial charge in [0.15, 0.2) is 0 Å². The molecule has 162 valence electrons. The van der Waals surface area contributed by atoms with Crippen LogP contribution in [0.4, 0.5) is 0 Å². The molecule has 1 aliphatic rings. The molecule has 2 rings (SSSR count). The molecule has 0 saturated carbocycles. The molecule has 1 aromatic carbocycles. The Kier molecular flexibility index (Phi) is 15.5. The van der Waals surface area contributed by atoms with Crippen LogP contribution >= 0.6 is 0 Å². The van der Waals surface area contributed by atoms with Crippen LogP contribution in [-0.2, 0) is 21.7 Å². The molecule has 0 fully saturated rings. The van der Waals surface area contributed by atoms with Crippen molar-refractivity contribution in [3.8, 4) is 0 Å². The van der Waals surface area contributed by atoms with Gasteiger partial charge >= 0.3 is 21.7 Å². The van der Waals surface area contributed by atoms with E-state index in [0.29, 0.717) is 5.92 Å². The van der Waals surface area contributed by atoms with Crippen LogP contribution in [0.3, 0.4) is 0 Å². The van der Waals surface area contributed by atoms with Crippen molar-refractivity contribution in [2.24, 2.45) is 5.92 Å². The number of unbranched alkanes of at least 4 members (excludes halogenated alkanes) is 1. The summed E-state index contributed by atoms with van der Waals surface area (Å²) in [6, 6.07) is 1.36. The van der Waals surface area contributed by atoms with Gasteiger partial charge in [0.1, 0.15) is 0 Å². The van der Waals surface area contributed by atoms with Gasteiger partial charge in [0.25, 0.3) is 0 Å². The van der Waals surface area contributed by atoms with E-state index < -0.39 is 8.07 Å². The van der Waals surface area contributed by atoms with Crippen LogP contribution in [0, 0.1) is 46.6 Å². The largest absolute Gasteiger partial charge is 4.00 e. The van der Waals surface area contributed by atoms with Gasteiger partial charge in [-0.3, -0.25) is 6.08 Å². The minimum absolute atomic E-state index is 0. The molecule has 0 aromatic heterocycles. The number of halogens is 3. The summed E-state index contributed by atoms with van der Waals surface area (Å²) in [4.78, 5) is 0. The maximum Gasteiger partial charge on any atom is 4.00 e. The van der Waals surface area contributed by atoms with Crippen molar-refractivity contribution in [2.45, 2.75) is 87.7 Å². The Morgan fingerprint density at radius 2 is 1.21 bits per heavy atom. The van der Waals surface area contributed by atoms with Gasteiger partial charge in [-0.1, -0.05) is 52.1 Å². The minimum Gasteiger partial charge on any atom is -1.00 e. The number of hydrogen-bond acceptors (Lipinski definition) is 0. The van der Waals surface area contributed by atoms with Gasteiger partial charge in [0, 0.05) is 0 Å². The molecular formula is C24H37Cl3SiTi. The summed E-state index contributed by atoms with van der Waals surface area (Å²) < 4.78 is 0. The molecule has 0 radical (unpaired) electrons. The molecule has 29 heavy (non-hydrogen) atoms. The van der Waals surface area contributed by atoms with Crippen LogP contribution in [0.15, 0.2) is 16.3 Å². The maximum absolute atomic E-state index is 3.73. The smallest absolute Gasteiger partial charge is 1.00 e. The Labute approximate surface area is 214 Å². The molecule has 5 heteroatoms. The van der Waals surface area contributed by atoms with E-state index in [2.05, 4.69) is 74.9 Å². The quantitative estimate of drug-likeness (QED) is 0.308. The van der Waals surface area contributed by atoms with Gasteiger partial charge < -0.3 is 37.2 Å². The van der Waals surface area contributed by atoms with Gasteiger partial charge in [0.2, 0.25) is 0 Å². The second-order valence-electron chi connectivity index (χ2n) is 8.47. The summed E-state index contributed by atoms with van der Waals surface area (Å²) in [5, 5.41) is 3.46. The number of hydrogen-bond donors (Lipinski definition) is 0. The topological polar surface area (TPSA) is 0 Å². The molecular weight excluding hydrogens is 471 g/mol. The first-order chi connectivity index (χ1) is 11.6. The summed E-state index contributed by atoms with van der Waals surface area (Å²) in [5.41, 5.74) is 10.5. The van der Waals surface area contributed by atoms with Crippen LogP contribution in [0.2, 0.25) is 12.6 Å². The fraction of sp³-hybridized carbons (Fsp3) is 0.583. The molecule has 0 heterocycles. The Morgan fingerprint density at radius 1 is 0.793 bits per heavy atom. The second-order valence-corrected chi connectivity index (χ2v) is 12.7. The third kappa shape index (κ3) is 6.05. The normalized spacial score (nSPS) is 17.3. The van der Waals surface area contributed by atoms with Crippen LogP contribution in [0.25, 0.3) is 0 Å². The summed E-state index contributed by atoms with van der Waals surface area (Å²) in [6.07, 6.45) is 6.33. The van der Waals surface area contributed by atoms with Gasteiger partial charge in [-0.2, -0.15) is 5.20 Å². The van der Waals surface area contributed by atoms with Gasteiger partial charge in [-0.05, 0) is 67.6 Å². The number of benzene rings is 1. The van der Waals surface area contributed by atoms with E-state index in [9.17, 15) is 0 Å². The number of rotatable bonds is 5. The summed E-state index contributed by atoms with van der Waals surface area (Å²) in [7, 11) is -1.76. The van der Waals surface area contributed by atoms with E-state index in [1.54, 1.807) is 21.5 Å². The predicted molar refractivity (Wildman–Crippen MR) is 115 cm³/mol. The SMILES string of the molecule is CCCC[Si](C)(C1=C(C)C(C)=[C-]C1C)c1c(C)c(C)c(C)c(C)c1C.[Cl-].[Cl-].[Cl-].[Ti+4]. The molecule has 0 aliphatic heterocycles. The van der Waals surface area contributed by atoms with Crippen LogP contribution in [-0.4, -0.2) is 8.07 Å². The molecule has 2 unspecified atom stereocenters. The molecule has 1 aromatic rings. The van der Waals surface area contributed by atoms with E-state index in [4.69, 9.17) is 0 Å². The molecule has 0 spiro atoms. The summed E-state index contributed by atoms with van der Waals surface area (Å²) >= 11 is 0. The van der Waals surface area contributed by atoms with E-state index >= 15 is 0 Å². The fourth-order valence-electron chi connectivity index (χ4n) is 5.18. The first-order valence-corrected chi connectivity index (χ1v) is 12.7. The maximum atomic E-state index is 3.73. The summed E-state index contributed by atoms with van der Waals surface area (Å²) in [5.74, 6) is 0.481. The van der Waals surface area contributed by atoms with E-state index in [1.165, 1.54) is 46.7 Å². The van der Waals surface area contributed by atoms with Crippen molar-refractivity contribution in [3.05, 3.63) is 50.2 Å². The van der Waals surface area contributed by atoms with Crippen molar-refractivity contribution in [3.63, 3.8) is 0 Å². The predicted octanol–water partition coefficient (Wildman–Crippen LogP) is -2.42. The molecule has 0 nitrogen and oxygen atoms in total. The number of allylic oxidation sites excluding steroid dienone is 4. The Morgan fingerprint density at radius 3 is 1.55 bits per heavy atom. The zero-order valence-electron chi connectivity index (χ0n) is 19.8. The molecule has 1 aliphatic carbocycles. The average Bonchev–Trinajstić information content (AvgIpc) is 2.82. The first kappa shape index (κ1) is 34.1. The Bertz CT molecular complexity index is 739. The van der Waals surface area contributed by atoms with Crippen LogP contribution in [0.1, 0.15) is 68.4 Å². The van der Waals surface area contributed by atoms with Crippen molar-refractivity contribution in [1.29, 1.82) is 0 Å². The van der Waals surface area contributed by atoms with Gasteiger partial charge in [0.05, 0.1) is 8.07 Å². The van der Waals surface area contributed by atoms with E-state index in [-0.39, 0.29) is 58.9 Å². The first-order valence-electron chi connectivity index (χ1n) is 9.97. The van der Waals surface area contributed by atoms with Crippen molar-refractivity contribution < 1.29 is 58.9 Å². The standard InChI is InChI=1S/C24H37Si.3ClH.Ti/c1-11-12-13-25(10,23-16(3)14-15(2)17(23)4)24-21(8)19(6)18(5)20(7)22(24)9;;;;/h16H,11-13H2,1-10H3;3*1H;/q-1;;;;+4/p-3. The van der Waals surface area contributed by atoms with Crippen molar-refractivity contribution in [1.82, 2.24) is 0 Å². The van der Waals surface area contributed by atoms with Crippen LogP contribution in [0.5, 0.6) is 0 Å². The Balaban J connectivity index is -0.00000169. The molecule has 0 amide bonds. The summed E-state index contributed by atoms with van der Waals surface area (Å²) in [6.45, 7) is 23.6. The fourth-order valence-corrected chi connectivity index (χ4v) is 11.1. The third-order valence-electron chi connectivity index (χ3n) is 7.01. The molecule has 0 bridgehead atoms. The molecule has 0 saturated heterocycles. The van der Waals surface area contributed by atoms with Gasteiger partial charge in [-0.25, -0.2) is 11.1 Å². The van der Waals surface area contributed by atoms with E-state index in [0.717, 1.165) is 0 Å². The zero-order valence-corrected chi connectivity index (χ0v) is 24.7. The van der Waals surface area contributed by atoms with Crippen molar-refractivity contribution >= 4 is 13.3 Å². The molecule has 0 N–H and O–H groups in total. The third-order valence-corrected chi connectivity index (χ3v) is 12.2. The molecule has 2 atom stereocenters. The Hall–Kier alpha value is 0.501. The minimum atomic E-state index is -1.76. The second kappa shape index (κ2) is 13.1. The van der Waals surface area contributed by atoms with Crippen LogP contribution < -0.4 is 42.4 Å².